The molecule has 0 spiro atoms. The van der Waals surface area contributed by atoms with Gasteiger partial charge in [-0.25, -0.2) is 0 Å². The first-order valence-corrected chi connectivity index (χ1v) is 5.75. The van der Waals surface area contributed by atoms with Crippen molar-refractivity contribution < 1.29 is 4.57 Å². The zero-order valence-electron chi connectivity index (χ0n) is 4.42. The predicted octanol–water partition coefficient (Wildman–Crippen LogP) is 2.12. The van der Waals surface area contributed by atoms with Crippen molar-refractivity contribution in [2.45, 2.75) is 0 Å². The molecule has 8 heavy (non-hydrogen) atoms. The number of allylic oxidation sites excluding steroid dienone is 1. The third-order valence-electron chi connectivity index (χ3n) is 0.774. The Hall–Kier alpha value is -0.120. The molecule has 0 saturated heterocycles. The minimum absolute atomic E-state index is 0.816. The van der Waals surface area contributed by atoms with Crippen LogP contribution in [0.2, 0.25) is 0 Å². The predicted molar refractivity (Wildman–Crippen MR) is 38.0 cm³/mol. The van der Waals surface area contributed by atoms with Crippen molar-refractivity contribution in [2.75, 3.05) is 6.66 Å². The summed E-state index contributed by atoms with van der Waals surface area (Å²) in [6.07, 6.45) is 3.07. The van der Waals surface area contributed by atoms with Crippen molar-refractivity contribution in [1.82, 2.24) is 0 Å². The van der Waals surface area contributed by atoms with E-state index in [1.807, 2.05) is 0 Å². The molecule has 0 fully saturated rings. The van der Waals surface area contributed by atoms with Gasteiger partial charge in [0.05, 0.1) is 4.91 Å². The minimum Gasteiger partial charge on any atom is -0.308 e. The van der Waals surface area contributed by atoms with E-state index in [1.54, 1.807) is 12.5 Å². The zero-order chi connectivity index (χ0) is 6.20. The van der Waals surface area contributed by atoms with E-state index in [2.05, 4.69) is 5.92 Å². The highest BCUT2D eigenvalue weighted by Crippen LogP contribution is 2.69. The third-order valence-corrected chi connectivity index (χ3v) is 4.46. The van der Waals surface area contributed by atoms with Crippen molar-refractivity contribution in [3.8, 4) is 12.3 Å². The van der Waals surface area contributed by atoms with Gasteiger partial charge in [0, 0.05) is 12.5 Å². The second-order valence-electron chi connectivity index (χ2n) is 1.64. The maximum Gasteiger partial charge on any atom is 0.164 e. The van der Waals surface area contributed by atoms with E-state index in [9.17, 15) is 4.57 Å². The van der Waals surface area contributed by atoms with Gasteiger partial charge >= 0.3 is 0 Å². The van der Waals surface area contributed by atoms with Crippen LogP contribution in [0.1, 0.15) is 0 Å². The van der Waals surface area contributed by atoms with Crippen LogP contribution in [0.25, 0.3) is 0 Å². The topological polar surface area (TPSA) is 17.1 Å². The maximum absolute atomic E-state index is 10.8. The van der Waals surface area contributed by atoms with Crippen molar-refractivity contribution in [2.24, 2.45) is 0 Å². The molecule has 1 nitrogen and oxygen atoms in total. The zero-order valence-corrected chi connectivity index (χ0v) is 6.13. The van der Waals surface area contributed by atoms with Gasteiger partial charge in [0.15, 0.2) is 6.34 Å². The van der Waals surface area contributed by atoms with E-state index >= 15 is 0 Å². The summed E-state index contributed by atoms with van der Waals surface area (Å²) in [6.45, 7) is 1.71. The fraction of sp³-hybridized carbons (Fsp3) is 0.200. The van der Waals surface area contributed by atoms with Crippen molar-refractivity contribution >= 4 is 17.7 Å². The normalized spacial score (nSPS) is 34.8. The highest BCUT2D eigenvalue weighted by atomic mass is 32.7. The van der Waals surface area contributed by atoms with E-state index in [0.717, 1.165) is 4.91 Å². The fourth-order valence-corrected chi connectivity index (χ4v) is 3.48. The molecule has 3 heteroatoms. The van der Waals surface area contributed by atoms with Crippen LogP contribution >= 0.6 is 17.7 Å². The summed E-state index contributed by atoms with van der Waals surface area (Å²) in [6, 6.07) is 0. The summed E-state index contributed by atoms with van der Waals surface area (Å²) in [7, 11) is 0. The first-order valence-electron chi connectivity index (χ1n) is 2.10. The first-order chi connectivity index (χ1) is 3.64. The van der Waals surface area contributed by atoms with Gasteiger partial charge in [-0.1, -0.05) is 5.92 Å². The molecule has 0 aliphatic carbocycles. The Balaban J connectivity index is 2.81. The second-order valence-corrected chi connectivity index (χ2v) is 7.06. The van der Waals surface area contributed by atoms with E-state index in [1.165, 1.54) is 11.4 Å². The monoisotopic (exact) mass is 144 g/mol. The van der Waals surface area contributed by atoms with E-state index in [0.29, 0.717) is 0 Å². The number of hydrogen-bond donors (Lipinski definition) is 0. The molecule has 42 valence electrons. The molecule has 1 unspecified atom stereocenters. The van der Waals surface area contributed by atoms with Crippen LogP contribution in [0.4, 0.5) is 0 Å². The first kappa shape index (κ1) is 6.01. The molecular weight excluding hydrogens is 139 g/mol. The van der Waals surface area contributed by atoms with Crippen LogP contribution in [0.3, 0.4) is 0 Å². The smallest absolute Gasteiger partial charge is 0.164 e. The molecule has 1 aliphatic heterocycles. The summed E-state index contributed by atoms with van der Waals surface area (Å²) in [5.74, 6) is 4.07. The van der Waals surface area contributed by atoms with Gasteiger partial charge in [-0.3, -0.25) is 0 Å². The molecule has 1 rings (SSSR count). The van der Waals surface area contributed by atoms with Crippen LogP contribution in [0.15, 0.2) is 10.7 Å². The van der Waals surface area contributed by atoms with Crippen molar-refractivity contribution in [1.29, 1.82) is 0 Å². The van der Waals surface area contributed by atoms with Crippen LogP contribution in [-0.2, 0) is 4.57 Å². The number of rotatable bonds is 0. The number of terminal acetylenes is 1. The molecule has 1 heterocycles. The van der Waals surface area contributed by atoms with Crippen molar-refractivity contribution in [3.63, 3.8) is 0 Å². The molecule has 0 amide bonds. The van der Waals surface area contributed by atoms with Crippen LogP contribution in [-0.4, -0.2) is 6.66 Å². The summed E-state index contributed by atoms with van der Waals surface area (Å²) in [5, 5.41) is 0. The van der Waals surface area contributed by atoms with Gasteiger partial charge in [-0.15, -0.1) is 6.42 Å². The molecule has 0 aromatic rings. The lowest BCUT2D eigenvalue weighted by atomic mass is 10.7. The van der Waals surface area contributed by atoms with Crippen LogP contribution in [0.5, 0.6) is 0 Å². The third kappa shape index (κ3) is 0.992. The summed E-state index contributed by atoms with van der Waals surface area (Å²) < 4.78 is 10.8. The fourth-order valence-electron chi connectivity index (χ4n) is 0.473. The minimum atomic E-state index is -1.93. The van der Waals surface area contributed by atoms with Crippen molar-refractivity contribution in [3.05, 3.63) is 10.7 Å². The van der Waals surface area contributed by atoms with Gasteiger partial charge in [-0.05, 0) is 11.4 Å². The van der Waals surface area contributed by atoms with Gasteiger partial charge in [0.25, 0.3) is 0 Å². The molecule has 0 aromatic heterocycles. The number of hydrogen-bond acceptors (Lipinski definition) is 2. The van der Waals surface area contributed by atoms with Gasteiger partial charge < -0.3 is 4.57 Å². The molecule has 1 atom stereocenters. The Morgan fingerprint density at radius 3 is 2.62 bits per heavy atom. The van der Waals surface area contributed by atoms with Gasteiger partial charge in [-0.2, -0.15) is 0 Å². The largest absolute Gasteiger partial charge is 0.308 e. The Bertz CT molecular complexity index is 223. The molecule has 0 aromatic carbocycles. The molecule has 0 radical (unpaired) electrons. The summed E-state index contributed by atoms with van der Waals surface area (Å²) >= 11 is 1.31. The molecule has 0 saturated carbocycles. The standard InChI is InChI=1S/C5H5OPS/c1-3-5-4-7(2,6)8-5/h1,4H,2H3. The lowest BCUT2D eigenvalue weighted by molar-refractivity contribution is 0.593. The van der Waals surface area contributed by atoms with Crippen LogP contribution < -0.4 is 0 Å². The Morgan fingerprint density at radius 1 is 2.00 bits per heavy atom. The Kier molecular flexibility index (Phi) is 1.27. The Labute approximate surface area is 52.7 Å². The molecule has 0 bridgehead atoms. The van der Waals surface area contributed by atoms with Crippen LogP contribution in [0, 0.1) is 12.3 Å². The lowest BCUT2D eigenvalue weighted by Gasteiger charge is -2.15. The second kappa shape index (κ2) is 1.69. The Morgan fingerprint density at radius 2 is 2.50 bits per heavy atom. The molecule has 0 N–H and O–H groups in total. The van der Waals surface area contributed by atoms with E-state index in [4.69, 9.17) is 6.42 Å². The lowest BCUT2D eigenvalue weighted by Crippen LogP contribution is -1.81. The summed E-state index contributed by atoms with van der Waals surface area (Å²) in [4.78, 5) is 0.816. The highest BCUT2D eigenvalue weighted by Gasteiger charge is 2.24. The summed E-state index contributed by atoms with van der Waals surface area (Å²) in [5.41, 5.74) is 0. The van der Waals surface area contributed by atoms with Gasteiger partial charge in [0.2, 0.25) is 0 Å². The van der Waals surface area contributed by atoms with Gasteiger partial charge in [0.1, 0.15) is 0 Å². The molecule has 1 aliphatic rings. The average molecular weight is 144 g/mol. The average Bonchev–Trinajstić information content (AvgIpc) is 1.60. The van der Waals surface area contributed by atoms with E-state index < -0.39 is 6.34 Å². The SMILES string of the molecule is C#CC1=CP(C)(=O)S1. The highest BCUT2D eigenvalue weighted by molar-refractivity contribution is 8.63. The maximum atomic E-state index is 10.8. The van der Waals surface area contributed by atoms with E-state index in [-0.39, 0.29) is 0 Å². The molecular formula is C5H5OPS. The quantitative estimate of drug-likeness (QED) is 0.382.